The molecule has 0 saturated heterocycles. The van der Waals surface area contributed by atoms with E-state index in [2.05, 4.69) is 20.3 Å². The monoisotopic (exact) mass is 358 g/mol. The van der Waals surface area contributed by atoms with Crippen LogP contribution in [0.5, 0.6) is 0 Å². The number of nitrogens with zero attached hydrogens (tertiary/aromatic N) is 3. The summed E-state index contributed by atoms with van der Waals surface area (Å²) in [4.78, 5) is 27.1. The number of carbonyl (C=O) groups excluding carboxylic acids is 1. The van der Waals surface area contributed by atoms with Crippen molar-refractivity contribution in [3.05, 3.63) is 29.2 Å². The van der Waals surface area contributed by atoms with E-state index in [1.165, 1.54) is 0 Å². The zero-order valence-electron chi connectivity index (χ0n) is 14.2. The van der Waals surface area contributed by atoms with Gasteiger partial charge < -0.3 is 20.9 Å². The summed E-state index contributed by atoms with van der Waals surface area (Å²) in [5, 5.41) is 3.99. The molecular weight excluding hydrogens is 336 g/mol. The molecular formula is C17H22N6OS. The summed E-state index contributed by atoms with van der Waals surface area (Å²) in [7, 11) is 0. The Morgan fingerprint density at radius 3 is 3.08 bits per heavy atom. The lowest BCUT2D eigenvalue weighted by atomic mass is 9.78. The highest BCUT2D eigenvalue weighted by Gasteiger charge is 2.33. The van der Waals surface area contributed by atoms with Crippen LogP contribution >= 0.6 is 11.8 Å². The second kappa shape index (κ2) is 6.34. The largest absolute Gasteiger partial charge is 0.350 e. The minimum atomic E-state index is -0.212. The Bertz CT molecular complexity index is 841. The Hall–Kier alpha value is -2.06. The fraction of sp³-hybridized carbons (Fsp3) is 0.471. The number of anilines is 1. The molecule has 1 aliphatic carbocycles. The molecule has 8 heteroatoms. The summed E-state index contributed by atoms with van der Waals surface area (Å²) in [6.07, 6.45) is 8.49. The third-order valence-electron chi connectivity index (χ3n) is 4.96. The predicted molar refractivity (Wildman–Crippen MR) is 100 cm³/mol. The van der Waals surface area contributed by atoms with Gasteiger partial charge in [0.2, 0.25) is 0 Å². The van der Waals surface area contributed by atoms with Crippen LogP contribution in [0.25, 0.3) is 11.0 Å². The minimum Gasteiger partial charge on any atom is -0.350 e. The number of nitrogens with two attached hydrogens (primary N) is 1. The molecule has 2 aliphatic rings. The average molecular weight is 358 g/mol. The maximum absolute atomic E-state index is 12.5. The average Bonchev–Trinajstić information content (AvgIpc) is 2.99. The van der Waals surface area contributed by atoms with Gasteiger partial charge in [-0.25, -0.2) is 9.97 Å². The molecule has 0 spiro atoms. The molecule has 2 aromatic rings. The Morgan fingerprint density at radius 1 is 1.48 bits per heavy atom. The summed E-state index contributed by atoms with van der Waals surface area (Å²) >= 11 is 1.57. The van der Waals surface area contributed by atoms with E-state index in [-0.39, 0.29) is 11.4 Å². The number of rotatable bonds is 4. The van der Waals surface area contributed by atoms with Crippen LogP contribution in [0.4, 0.5) is 5.82 Å². The molecule has 1 amide bonds. The zero-order valence-corrected chi connectivity index (χ0v) is 15.0. The summed E-state index contributed by atoms with van der Waals surface area (Å²) in [6, 6.07) is 0. The van der Waals surface area contributed by atoms with Crippen molar-refractivity contribution in [2.45, 2.75) is 31.7 Å². The molecule has 4 N–H and O–H groups in total. The normalized spacial score (nSPS) is 19.4. The maximum atomic E-state index is 12.5. The maximum Gasteiger partial charge on any atom is 0.259 e. The first-order valence-corrected chi connectivity index (χ1v) is 9.51. The number of fused-ring (bicyclic) bond motifs is 1. The highest BCUT2D eigenvalue weighted by atomic mass is 32.2. The van der Waals surface area contributed by atoms with Crippen LogP contribution in [0, 0.1) is 6.92 Å². The summed E-state index contributed by atoms with van der Waals surface area (Å²) < 4.78 is 0. The van der Waals surface area contributed by atoms with Gasteiger partial charge in [0.1, 0.15) is 17.8 Å². The van der Waals surface area contributed by atoms with Gasteiger partial charge in [-0.1, -0.05) is 0 Å². The van der Waals surface area contributed by atoms with Crippen LogP contribution in [-0.2, 0) is 4.79 Å². The molecule has 3 heterocycles. The predicted octanol–water partition coefficient (Wildman–Crippen LogP) is 1.66. The molecule has 1 saturated carbocycles. The first-order valence-electron chi connectivity index (χ1n) is 8.53. The van der Waals surface area contributed by atoms with Crippen molar-refractivity contribution in [3.63, 3.8) is 0 Å². The number of aromatic amines is 1. The Kier molecular flexibility index (Phi) is 4.16. The summed E-state index contributed by atoms with van der Waals surface area (Å²) in [5.41, 5.74) is 7.89. The van der Waals surface area contributed by atoms with E-state index in [4.69, 9.17) is 5.73 Å². The number of hydrogen-bond donors (Lipinski definition) is 3. The second-order valence-electron chi connectivity index (χ2n) is 6.83. The van der Waals surface area contributed by atoms with Gasteiger partial charge in [0, 0.05) is 36.8 Å². The van der Waals surface area contributed by atoms with Gasteiger partial charge in [0.25, 0.3) is 5.91 Å². The highest BCUT2D eigenvalue weighted by molar-refractivity contribution is 8.04. The number of aryl methyl sites for hydroxylation is 1. The lowest BCUT2D eigenvalue weighted by Crippen LogP contribution is -2.55. The van der Waals surface area contributed by atoms with Gasteiger partial charge >= 0.3 is 0 Å². The van der Waals surface area contributed by atoms with Gasteiger partial charge in [0.05, 0.1) is 10.3 Å². The highest BCUT2D eigenvalue weighted by Crippen LogP contribution is 2.31. The topological polar surface area (TPSA) is 99.9 Å². The van der Waals surface area contributed by atoms with Crippen LogP contribution in [0.15, 0.2) is 23.6 Å². The second-order valence-corrected chi connectivity index (χ2v) is 7.96. The molecule has 25 heavy (non-hydrogen) atoms. The smallest absolute Gasteiger partial charge is 0.259 e. The van der Waals surface area contributed by atoms with Crippen LogP contribution in [0.3, 0.4) is 0 Å². The van der Waals surface area contributed by atoms with E-state index in [1.54, 1.807) is 18.1 Å². The minimum absolute atomic E-state index is 0.0532. The van der Waals surface area contributed by atoms with Gasteiger partial charge in [0.15, 0.2) is 0 Å². The quantitative estimate of drug-likeness (QED) is 0.769. The molecule has 1 fully saturated rings. The van der Waals surface area contributed by atoms with E-state index >= 15 is 0 Å². The molecule has 0 radical (unpaired) electrons. The molecule has 0 bridgehead atoms. The van der Waals surface area contributed by atoms with E-state index in [1.807, 2.05) is 24.2 Å². The van der Waals surface area contributed by atoms with Crippen LogP contribution in [0.1, 0.15) is 24.8 Å². The molecule has 7 nitrogen and oxygen atoms in total. The van der Waals surface area contributed by atoms with E-state index in [0.717, 1.165) is 54.0 Å². The van der Waals surface area contributed by atoms with Crippen molar-refractivity contribution in [2.24, 2.45) is 5.73 Å². The molecule has 0 aromatic carbocycles. The SMILES string of the molecule is Cc1c[nH]c2ncnc(N3C=C(C(=O)NCC4(N)CCC4)SCC3)c12. The number of hydrogen-bond acceptors (Lipinski definition) is 6. The third-order valence-corrected chi connectivity index (χ3v) is 5.94. The molecule has 0 atom stereocenters. The van der Waals surface area contributed by atoms with Crippen molar-refractivity contribution in [1.82, 2.24) is 20.3 Å². The first-order chi connectivity index (χ1) is 12.1. The van der Waals surface area contributed by atoms with Gasteiger partial charge in [-0.3, -0.25) is 4.79 Å². The lowest BCUT2D eigenvalue weighted by molar-refractivity contribution is -0.117. The fourth-order valence-electron chi connectivity index (χ4n) is 3.26. The van der Waals surface area contributed by atoms with Crippen molar-refractivity contribution >= 4 is 34.5 Å². The molecule has 2 aromatic heterocycles. The van der Waals surface area contributed by atoms with E-state index in [0.29, 0.717) is 11.4 Å². The third kappa shape index (κ3) is 3.11. The van der Waals surface area contributed by atoms with Crippen LogP contribution in [-0.4, -0.2) is 45.2 Å². The number of H-pyrrole nitrogens is 1. The number of thioether (sulfide) groups is 1. The van der Waals surface area contributed by atoms with Gasteiger partial charge in [-0.15, -0.1) is 11.8 Å². The summed E-state index contributed by atoms with van der Waals surface area (Å²) in [6.45, 7) is 3.37. The Morgan fingerprint density at radius 2 is 2.32 bits per heavy atom. The van der Waals surface area contributed by atoms with Crippen LogP contribution in [0.2, 0.25) is 0 Å². The Balaban J connectivity index is 1.55. The molecule has 0 unspecified atom stereocenters. The standard InChI is InChI=1S/C17H22N6OS/c1-11-7-19-14-13(11)15(22-10-21-14)23-5-6-25-12(8-23)16(24)20-9-17(18)3-2-4-17/h7-8,10H,2-6,9,18H2,1H3,(H,20,24)(H,19,21,22). The Labute approximate surface area is 150 Å². The number of carbonyl (C=O) groups is 1. The van der Waals surface area contributed by atoms with Crippen molar-refractivity contribution in [1.29, 1.82) is 0 Å². The van der Waals surface area contributed by atoms with Gasteiger partial charge in [-0.2, -0.15) is 0 Å². The molecule has 4 rings (SSSR count). The van der Waals surface area contributed by atoms with Crippen molar-refractivity contribution in [2.75, 3.05) is 23.7 Å². The van der Waals surface area contributed by atoms with E-state index < -0.39 is 0 Å². The fourth-order valence-corrected chi connectivity index (χ4v) is 4.17. The van der Waals surface area contributed by atoms with Gasteiger partial charge in [-0.05, 0) is 31.7 Å². The molecule has 132 valence electrons. The van der Waals surface area contributed by atoms with Crippen molar-refractivity contribution in [3.8, 4) is 0 Å². The first kappa shape index (κ1) is 16.4. The number of amides is 1. The molecule has 1 aliphatic heterocycles. The van der Waals surface area contributed by atoms with Crippen molar-refractivity contribution < 1.29 is 4.79 Å². The lowest BCUT2D eigenvalue weighted by Gasteiger charge is -2.38. The number of aromatic nitrogens is 3. The van der Waals surface area contributed by atoms with E-state index in [9.17, 15) is 4.79 Å². The van der Waals surface area contributed by atoms with Crippen LogP contribution < -0.4 is 16.0 Å². The summed E-state index contributed by atoms with van der Waals surface area (Å²) in [5.74, 6) is 1.62. The zero-order chi connectivity index (χ0) is 17.4. The number of nitrogens with one attached hydrogen (secondary N) is 2.